The first kappa shape index (κ1) is 95.3. The Labute approximate surface area is 718 Å². The third-order valence-corrected chi connectivity index (χ3v) is 25.1. The minimum atomic E-state index is -4.55. The first-order valence-corrected chi connectivity index (χ1v) is 46.7. The monoisotopic (exact) mass is 1740 g/mol. The van der Waals surface area contributed by atoms with Crippen LogP contribution in [0.25, 0.3) is 0 Å². The van der Waals surface area contributed by atoms with Crippen LogP contribution in [0, 0.1) is 11.8 Å². The number of hydrogen-bond acceptors (Lipinski definition) is 19. The summed E-state index contributed by atoms with van der Waals surface area (Å²) in [6, 6.07) is 44.5. The average Bonchev–Trinajstić information content (AvgIpc) is 1.59. The summed E-state index contributed by atoms with van der Waals surface area (Å²) in [5, 5.41) is 31.8. The Morgan fingerprint density at radius 2 is 1.18 bits per heavy atom. The van der Waals surface area contributed by atoms with E-state index in [2.05, 4.69) is 69.0 Å². The predicted octanol–water partition coefficient (Wildman–Crippen LogP) is 10.9. The van der Waals surface area contributed by atoms with Crippen LogP contribution in [-0.4, -0.2) is 178 Å². The maximum absolute atomic E-state index is 15.0. The van der Waals surface area contributed by atoms with E-state index in [1.165, 1.54) is 36.8 Å². The molecule has 9 rings (SSSR count). The van der Waals surface area contributed by atoms with Crippen molar-refractivity contribution in [3.8, 4) is 5.75 Å². The Balaban J connectivity index is 0.898. The summed E-state index contributed by atoms with van der Waals surface area (Å²) in [7, 11) is -11.2. The molecule has 1 unspecified atom stereocenters. The van der Waals surface area contributed by atoms with E-state index in [4.69, 9.17) is 14.6 Å². The average molecular weight is 1750 g/mol. The molecule has 0 radical (unpaired) electrons. The number of carbonyl (C=O) groups is 10. The molecule has 2 aliphatic heterocycles. The smallest absolute Gasteiger partial charge is 0.326 e. The number of anilines is 1. The fraction of sp³-hybridized carbons (Fsp3) is 0.402. The van der Waals surface area contributed by atoms with E-state index in [1.807, 2.05) is 109 Å². The second kappa shape index (κ2) is 44.5. The van der Waals surface area contributed by atoms with Gasteiger partial charge in [-0.15, -0.1) is 0 Å². The largest absolute Gasteiger partial charge is 0.481 e. The number of benzene rings is 6. The van der Waals surface area contributed by atoms with Crippen LogP contribution in [0.4, 0.5) is 16.2 Å². The van der Waals surface area contributed by atoms with Crippen molar-refractivity contribution < 1.29 is 102 Å². The van der Waals surface area contributed by atoms with Crippen LogP contribution in [0.3, 0.4) is 0 Å². The van der Waals surface area contributed by atoms with Gasteiger partial charge in [-0.1, -0.05) is 133 Å². The zero-order chi connectivity index (χ0) is 89.1. The van der Waals surface area contributed by atoms with Crippen molar-refractivity contribution in [3.05, 3.63) is 239 Å². The molecule has 2 heterocycles. The number of ketones is 3. The highest BCUT2D eigenvalue weighted by molar-refractivity contribution is 7.90. The van der Waals surface area contributed by atoms with Crippen LogP contribution < -0.4 is 36.2 Å². The number of amides is 5. The number of aliphatic carboxylic acids is 2. The number of nitrogens with one attached hydrogen (secondary N) is 5. The van der Waals surface area contributed by atoms with Crippen LogP contribution in [0.5, 0.6) is 5.75 Å². The molecule has 6 aromatic carbocycles. The van der Waals surface area contributed by atoms with Gasteiger partial charge in [0, 0.05) is 117 Å². The number of carboxylic acids is 2. The molecule has 6 aromatic rings. The predicted molar refractivity (Wildman–Crippen MR) is 465 cm³/mol. The van der Waals surface area contributed by atoms with E-state index in [-0.39, 0.29) is 118 Å². The lowest BCUT2D eigenvalue weighted by Gasteiger charge is -2.31. The minimum Gasteiger partial charge on any atom is -0.481 e. The molecule has 0 aromatic heterocycles. The van der Waals surface area contributed by atoms with Crippen molar-refractivity contribution in [2.24, 2.45) is 11.8 Å². The van der Waals surface area contributed by atoms with Crippen LogP contribution in [0.15, 0.2) is 216 Å². The van der Waals surface area contributed by atoms with E-state index in [0.717, 1.165) is 61.7 Å². The molecule has 28 nitrogen and oxygen atoms in total. The molecule has 0 fully saturated rings. The third kappa shape index (κ3) is 28.8. The summed E-state index contributed by atoms with van der Waals surface area (Å²) in [5.41, 5.74) is 8.03. The van der Waals surface area contributed by atoms with E-state index < -0.39 is 131 Å². The van der Waals surface area contributed by atoms with Crippen molar-refractivity contribution in [1.29, 1.82) is 0 Å². The molecule has 123 heavy (non-hydrogen) atoms. The molecule has 0 saturated carbocycles. The van der Waals surface area contributed by atoms with Gasteiger partial charge in [0.25, 0.3) is 16.6 Å². The molecule has 656 valence electrons. The molecule has 8 N–H and O–H groups in total. The van der Waals surface area contributed by atoms with Crippen molar-refractivity contribution in [3.63, 3.8) is 0 Å². The quantitative estimate of drug-likeness (QED) is 0.00578. The number of hydrogen-bond donors (Lipinski definition) is 8. The van der Waals surface area contributed by atoms with Crippen molar-refractivity contribution in [1.82, 2.24) is 26.6 Å². The third-order valence-electron chi connectivity index (χ3n) is 22.2. The number of carbonyl (C=O) groups excluding carboxylic acids is 8. The van der Waals surface area contributed by atoms with Gasteiger partial charge in [0.15, 0.2) is 23.5 Å². The number of Topliss-reactive ketones (excluding diaryl/α,β-unsaturated/α-hetero) is 3. The number of urea groups is 1. The molecule has 0 bridgehead atoms. The van der Waals surface area contributed by atoms with E-state index >= 15 is 0 Å². The van der Waals surface area contributed by atoms with Gasteiger partial charge in [-0.05, 0) is 167 Å². The SMILES string of the molecule is CC1(C)C(/C=C/C2=C(Oc3ccc(S(=O)(=O)O)cc3)C(=C/C=C3/N(CCCS(C)(=O)=O)c4ccccc4C3(C)CCCC(=O)N[C@@H](Cc3ccccc3)C(=O)C[C@@H](Cc3ccccc3)C(=O)NCC(=O)CCCNC(=O)[C@@H](CC(=O)CC[C@H](NC(=O)N[C@@H](CCC(=O)O)OC=O)C(=O)O)Cc3ccccc3)/CCC2)=[N+](CCCS(C)(=O)=O)c2ccccc21. The number of nitrogens with zero attached hydrogens (tertiary/aromatic N) is 2. The van der Waals surface area contributed by atoms with Crippen LogP contribution in [-0.2, 0) is 108 Å². The van der Waals surface area contributed by atoms with Crippen molar-refractivity contribution in [2.75, 3.05) is 55.1 Å². The Morgan fingerprint density at radius 3 is 1.80 bits per heavy atom. The summed E-state index contributed by atoms with van der Waals surface area (Å²) >= 11 is 0. The molecule has 0 saturated heterocycles. The normalized spacial score (nSPS) is 16.9. The topological polar surface area (TPSA) is 419 Å². The van der Waals surface area contributed by atoms with Crippen molar-refractivity contribution >= 4 is 106 Å². The molecule has 5 amide bonds. The van der Waals surface area contributed by atoms with Crippen LogP contribution >= 0.6 is 0 Å². The Kier molecular flexibility index (Phi) is 34.5. The fourth-order valence-corrected chi connectivity index (χ4v) is 17.7. The zero-order valence-electron chi connectivity index (χ0n) is 69.8. The molecular formula is C92H110N7O21S3+. The van der Waals surface area contributed by atoms with Crippen LogP contribution in [0.2, 0.25) is 0 Å². The standard InChI is InChI=1S/C92H109N7O21S3/c1-91(2)74-33-15-17-35-78(74)98(52-22-54-121(4,112)113)81(91)46-38-66-30-19-31-67(86(66)120-72-41-43-73(44-42-72)123(116,117)118)39-47-82-92(3,75-34-16-18-36-79(75)99(82)53-23-55-122(5,114)115)50-20-37-83(104)95-77(58-65-28-13-8-14-29-65)80(103)60-69(57-64-26-11-7-12-27-64)88(108)94-61-71(102)32-21-51-93-87(107)68(56-63-24-9-6-10-25-63)59-70(101)40-45-76(89(109)110)96-90(111)97-84(119-62-100)48-49-85(105)106/h6-18,24-29,33-36,38-39,41-44,46-47,62,68-69,76-77,84H,19-23,30-32,37,40,45,48-61H2,1-5H3,(H7-,93,94,95,96,97,104,105,106,107,108,109,110,111,116,117,118)/p+1/t68-,69-,76+,77+,84-,92?/m1/s1. The number of rotatable bonds is 49. The number of carboxylic acid groups (broad SMARTS) is 2. The lowest BCUT2D eigenvalue weighted by atomic mass is 9.77. The molecule has 31 heteroatoms. The molecular weight excluding hydrogens is 1640 g/mol. The van der Waals surface area contributed by atoms with Crippen LogP contribution in [0.1, 0.15) is 151 Å². The van der Waals surface area contributed by atoms with Gasteiger partial charge < -0.3 is 51.2 Å². The van der Waals surface area contributed by atoms with Gasteiger partial charge in [-0.25, -0.2) is 26.4 Å². The maximum Gasteiger partial charge on any atom is 0.326 e. The molecule has 1 aliphatic carbocycles. The molecule has 6 atom stereocenters. The lowest BCUT2D eigenvalue weighted by molar-refractivity contribution is -0.437. The summed E-state index contributed by atoms with van der Waals surface area (Å²) < 4.78 is 98.5. The maximum atomic E-state index is 15.0. The highest BCUT2D eigenvalue weighted by Gasteiger charge is 2.46. The Morgan fingerprint density at radius 1 is 0.585 bits per heavy atom. The number of fused-ring (bicyclic) bond motifs is 2. The molecule has 0 spiro atoms. The summed E-state index contributed by atoms with van der Waals surface area (Å²) in [5.74, 6) is -6.84. The first-order chi connectivity index (χ1) is 58.5. The van der Waals surface area contributed by atoms with Gasteiger partial charge in [-0.2, -0.15) is 13.0 Å². The first-order valence-electron chi connectivity index (χ1n) is 41.2. The number of para-hydroxylation sites is 2. The van der Waals surface area contributed by atoms with Gasteiger partial charge in [0.1, 0.15) is 49.6 Å². The second-order valence-electron chi connectivity index (χ2n) is 32.2. The lowest BCUT2D eigenvalue weighted by Crippen LogP contribution is -2.49. The number of ether oxygens (including phenoxy) is 2. The fourth-order valence-electron chi connectivity index (χ4n) is 15.9. The zero-order valence-corrected chi connectivity index (χ0v) is 72.3. The van der Waals surface area contributed by atoms with E-state index in [0.29, 0.717) is 57.4 Å². The van der Waals surface area contributed by atoms with E-state index in [1.54, 1.807) is 42.5 Å². The van der Waals surface area contributed by atoms with Gasteiger partial charge >= 0.3 is 18.0 Å². The van der Waals surface area contributed by atoms with Gasteiger partial charge in [0.05, 0.1) is 40.8 Å². The summed E-state index contributed by atoms with van der Waals surface area (Å²) in [6.07, 6.45) is 10.3. The van der Waals surface area contributed by atoms with Crippen molar-refractivity contribution in [2.45, 2.75) is 177 Å². The van der Waals surface area contributed by atoms with Gasteiger partial charge in [0.2, 0.25) is 23.4 Å². The molecule has 3 aliphatic rings. The highest BCUT2D eigenvalue weighted by Crippen LogP contribution is 2.51. The minimum absolute atomic E-state index is 0.000716. The summed E-state index contributed by atoms with van der Waals surface area (Å²) in [4.78, 5) is 134. The summed E-state index contributed by atoms with van der Waals surface area (Å²) in [6.45, 7) is 6.64. The van der Waals surface area contributed by atoms with Gasteiger partial charge in [-0.3, -0.25) is 42.9 Å². The second-order valence-corrected chi connectivity index (χ2v) is 38.1. The number of sulfone groups is 2. The Hall–Kier alpha value is -11.5. The Bertz CT molecular complexity index is 5330. The number of allylic oxidation sites excluding steroid dienone is 7. The highest BCUT2D eigenvalue weighted by atomic mass is 32.2. The van der Waals surface area contributed by atoms with E-state index in [9.17, 15) is 82.9 Å².